The average Bonchev–Trinajstić information content (AvgIpc) is 3.59. The normalized spacial score (nSPS) is 16.6. The highest BCUT2D eigenvalue weighted by atomic mass is 35.5. The molecule has 0 bridgehead atoms. The number of carbonyl (C=O) groups excluding carboxylic acids is 3. The molecule has 42 heavy (non-hydrogen) atoms. The number of amides is 3. The predicted octanol–water partition coefficient (Wildman–Crippen LogP) is 4.40. The van der Waals surface area contributed by atoms with E-state index in [4.69, 9.17) is 11.6 Å². The summed E-state index contributed by atoms with van der Waals surface area (Å²) >= 11 is 5.44. The SMILES string of the molecule is CNC(=O)c1nc(NC(=O)c2cc(F)cc(C(F)(F)F)c2)c2n1C(CN1CCCC1)C(=O)NC2.Fc1ccc(Cl)cc1. The largest absolute Gasteiger partial charge is 0.416 e. The molecule has 3 N–H and O–H groups in total. The fourth-order valence-electron chi connectivity index (χ4n) is 4.62. The first-order valence-electron chi connectivity index (χ1n) is 12.8. The van der Waals surface area contributed by atoms with E-state index in [-0.39, 0.29) is 36.0 Å². The highest BCUT2D eigenvalue weighted by Gasteiger charge is 2.37. The maximum Gasteiger partial charge on any atom is 0.416 e. The van der Waals surface area contributed by atoms with Crippen molar-refractivity contribution in [1.82, 2.24) is 25.1 Å². The van der Waals surface area contributed by atoms with Gasteiger partial charge in [-0.15, -0.1) is 0 Å². The molecule has 1 saturated heterocycles. The molecule has 0 spiro atoms. The maximum absolute atomic E-state index is 13.8. The lowest BCUT2D eigenvalue weighted by atomic mass is 10.1. The third kappa shape index (κ3) is 7.23. The van der Waals surface area contributed by atoms with Crippen LogP contribution in [0.1, 0.15) is 51.1 Å². The third-order valence-corrected chi connectivity index (χ3v) is 6.89. The molecule has 9 nitrogen and oxygen atoms in total. The van der Waals surface area contributed by atoms with Crippen LogP contribution in [0, 0.1) is 11.6 Å². The second kappa shape index (κ2) is 12.9. The van der Waals surface area contributed by atoms with Gasteiger partial charge in [-0.2, -0.15) is 13.2 Å². The van der Waals surface area contributed by atoms with E-state index < -0.39 is 41.0 Å². The van der Waals surface area contributed by atoms with E-state index in [1.807, 2.05) is 0 Å². The van der Waals surface area contributed by atoms with Crippen molar-refractivity contribution in [2.24, 2.45) is 0 Å². The first kappa shape index (κ1) is 30.9. The van der Waals surface area contributed by atoms with Gasteiger partial charge >= 0.3 is 6.18 Å². The Morgan fingerprint density at radius 3 is 2.31 bits per heavy atom. The van der Waals surface area contributed by atoms with Gasteiger partial charge in [0, 0.05) is 24.2 Å². The summed E-state index contributed by atoms with van der Waals surface area (Å²) in [6.07, 6.45) is -2.87. The number of carbonyl (C=O) groups is 3. The fraction of sp³-hybridized carbons (Fsp3) is 0.333. The lowest BCUT2D eigenvalue weighted by molar-refractivity contribution is -0.137. The summed E-state index contributed by atoms with van der Waals surface area (Å²) in [6.45, 7) is 1.86. The molecule has 15 heteroatoms. The summed E-state index contributed by atoms with van der Waals surface area (Å²) in [7, 11) is 1.38. The van der Waals surface area contributed by atoms with E-state index >= 15 is 0 Å². The Labute approximate surface area is 242 Å². The van der Waals surface area contributed by atoms with Crippen LogP contribution in [0.5, 0.6) is 0 Å². The van der Waals surface area contributed by atoms with Crippen LogP contribution >= 0.6 is 11.6 Å². The molecular weight excluding hydrogens is 587 g/mol. The van der Waals surface area contributed by atoms with E-state index in [0.717, 1.165) is 25.9 Å². The topological polar surface area (TPSA) is 108 Å². The number of benzene rings is 2. The lowest BCUT2D eigenvalue weighted by Crippen LogP contribution is -2.45. The number of hydrogen-bond acceptors (Lipinski definition) is 5. The minimum Gasteiger partial charge on any atom is -0.352 e. The van der Waals surface area contributed by atoms with Crippen molar-refractivity contribution in [1.29, 1.82) is 0 Å². The number of fused-ring (bicyclic) bond motifs is 1. The van der Waals surface area contributed by atoms with Gasteiger partial charge in [-0.1, -0.05) is 11.6 Å². The number of nitrogens with zero attached hydrogens (tertiary/aromatic N) is 3. The van der Waals surface area contributed by atoms with Crippen molar-refractivity contribution >= 4 is 35.1 Å². The number of alkyl halides is 3. The molecule has 0 saturated carbocycles. The molecule has 5 rings (SSSR count). The van der Waals surface area contributed by atoms with Crippen LogP contribution in [0.25, 0.3) is 0 Å². The van der Waals surface area contributed by atoms with Gasteiger partial charge in [0.2, 0.25) is 11.7 Å². The van der Waals surface area contributed by atoms with Crippen LogP contribution in [0.3, 0.4) is 0 Å². The van der Waals surface area contributed by atoms with E-state index in [1.54, 1.807) is 0 Å². The summed E-state index contributed by atoms with van der Waals surface area (Å²) in [5, 5.41) is 8.07. The van der Waals surface area contributed by atoms with Crippen LogP contribution < -0.4 is 16.0 Å². The highest BCUT2D eigenvalue weighted by Crippen LogP contribution is 2.31. The molecule has 0 radical (unpaired) electrons. The second-order valence-corrected chi connectivity index (χ2v) is 9.97. The monoisotopic (exact) mass is 612 g/mol. The van der Waals surface area contributed by atoms with Gasteiger partial charge in [-0.3, -0.25) is 14.4 Å². The highest BCUT2D eigenvalue weighted by molar-refractivity contribution is 6.30. The maximum atomic E-state index is 13.8. The molecule has 3 aromatic rings. The number of aromatic nitrogens is 2. The van der Waals surface area contributed by atoms with Crippen molar-refractivity contribution in [3.05, 3.63) is 81.8 Å². The Bertz CT molecular complexity index is 1450. The van der Waals surface area contributed by atoms with Crippen LogP contribution in [0.4, 0.5) is 27.8 Å². The standard InChI is InChI=1S/C21H22F4N6O3.C6H4ClF/c1-26-20(34)17-28-16(29-18(32)11-6-12(21(23,24)25)8-13(22)7-11)14-9-27-19(33)15(31(14)17)10-30-4-2-3-5-30;7-5-1-3-6(8)4-2-5/h6-8,15H,2-5,9-10H2,1H3,(H,26,34)(H,27,33)(H,29,32);1-4H. The fourth-order valence-corrected chi connectivity index (χ4v) is 4.74. The van der Waals surface area contributed by atoms with Crippen molar-refractivity contribution < 1.29 is 36.3 Å². The predicted molar refractivity (Wildman–Crippen MR) is 143 cm³/mol. The summed E-state index contributed by atoms with van der Waals surface area (Å²) in [4.78, 5) is 44.2. The Hall–Kier alpha value is -4.04. The molecule has 224 valence electrons. The quantitative estimate of drug-likeness (QED) is 0.370. The zero-order valence-corrected chi connectivity index (χ0v) is 23.0. The molecule has 0 aliphatic carbocycles. The first-order chi connectivity index (χ1) is 19.9. The Kier molecular flexibility index (Phi) is 9.46. The van der Waals surface area contributed by atoms with Crippen LogP contribution in [0.15, 0.2) is 42.5 Å². The van der Waals surface area contributed by atoms with Gasteiger partial charge in [0.25, 0.3) is 11.8 Å². The molecule has 2 aliphatic heterocycles. The van der Waals surface area contributed by atoms with E-state index in [1.165, 1.54) is 35.9 Å². The van der Waals surface area contributed by atoms with Gasteiger partial charge in [0.1, 0.15) is 17.7 Å². The van der Waals surface area contributed by atoms with Crippen LogP contribution in [-0.2, 0) is 17.5 Å². The second-order valence-electron chi connectivity index (χ2n) is 9.54. The van der Waals surface area contributed by atoms with Crippen molar-refractivity contribution in [2.75, 3.05) is 32.0 Å². The summed E-state index contributed by atoms with van der Waals surface area (Å²) < 4.78 is 66.4. The summed E-state index contributed by atoms with van der Waals surface area (Å²) in [5.41, 5.74) is -1.57. The number of nitrogens with one attached hydrogen (secondary N) is 3. The Balaban J connectivity index is 0.000000437. The van der Waals surface area contributed by atoms with Gasteiger partial charge < -0.3 is 25.4 Å². The molecule has 1 unspecified atom stereocenters. The average molecular weight is 613 g/mol. The molecule has 1 fully saturated rings. The number of hydrogen-bond donors (Lipinski definition) is 3. The molecule has 3 amide bonds. The zero-order chi connectivity index (χ0) is 30.6. The minimum absolute atomic E-state index is 0.0636. The van der Waals surface area contributed by atoms with Crippen LogP contribution in [0.2, 0.25) is 5.02 Å². The van der Waals surface area contributed by atoms with E-state index in [9.17, 15) is 36.3 Å². The number of imidazole rings is 1. The van der Waals surface area contributed by atoms with Crippen LogP contribution in [-0.4, -0.2) is 58.9 Å². The smallest absolute Gasteiger partial charge is 0.352 e. The number of likely N-dealkylation sites (tertiary alicyclic amines) is 1. The number of halogens is 6. The van der Waals surface area contributed by atoms with Crippen molar-refractivity contribution in [2.45, 2.75) is 31.6 Å². The zero-order valence-electron chi connectivity index (χ0n) is 22.2. The molecule has 1 aromatic heterocycles. The molecule has 1 atom stereocenters. The lowest BCUT2D eigenvalue weighted by Gasteiger charge is -2.30. The first-order valence-corrected chi connectivity index (χ1v) is 13.2. The molecule has 2 aromatic carbocycles. The van der Waals surface area contributed by atoms with Crippen molar-refractivity contribution in [3.63, 3.8) is 0 Å². The summed E-state index contributed by atoms with van der Waals surface area (Å²) in [5.74, 6) is -3.67. The molecule has 2 aliphatic rings. The van der Waals surface area contributed by atoms with E-state index in [2.05, 4.69) is 25.8 Å². The van der Waals surface area contributed by atoms with Gasteiger partial charge in [-0.25, -0.2) is 13.8 Å². The summed E-state index contributed by atoms with van der Waals surface area (Å²) in [6, 6.07) is 6.36. The molecular formula is C27H26ClF5N6O3. The Morgan fingerprint density at radius 1 is 1.05 bits per heavy atom. The number of rotatable bonds is 5. The van der Waals surface area contributed by atoms with Crippen molar-refractivity contribution in [3.8, 4) is 0 Å². The van der Waals surface area contributed by atoms with Gasteiger partial charge in [0.05, 0.1) is 17.8 Å². The van der Waals surface area contributed by atoms with Gasteiger partial charge in [0.15, 0.2) is 5.82 Å². The number of anilines is 1. The third-order valence-electron chi connectivity index (χ3n) is 6.64. The van der Waals surface area contributed by atoms with E-state index in [0.29, 0.717) is 29.4 Å². The minimum atomic E-state index is -4.84. The molecule has 3 heterocycles. The van der Waals surface area contributed by atoms with Gasteiger partial charge in [-0.05, 0) is 68.4 Å². The Morgan fingerprint density at radius 2 is 1.71 bits per heavy atom.